The number of benzene rings is 4. The summed E-state index contributed by atoms with van der Waals surface area (Å²) >= 11 is 0. The summed E-state index contributed by atoms with van der Waals surface area (Å²) in [5.41, 5.74) is 1.14. The zero-order chi connectivity index (χ0) is 39.7. The van der Waals surface area contributed by atoms with Crippen molar-refractivity contribution in [3.05, 3.63) is 139 Å². The first-order valence-electron chi connectivity index (χ1n) is 19.9. The number of rotatable bonds is 23. The van der Waals surface area contributed by atoms with Crippen molar-refractivity contribution in [2.75, 3.05) is 26.9 Å². The van der Waals surface area contributed by atoms with E-state index >= 15 is 0 Å². The zero-order valence-corrected chi connectivity index (χ0v) is 35.2. The molecule has 0 aliphatic heterocycles. The number of methoxy groups -OCH3 is 1. The zero-order valence-electron chi connectivity index (χ0n) is 34.2. The van der Waals surface area contributed by atoms with Crippen molar-refractivity contribution >= 4 is 24.7 Å². The van der Waals surface area contributed by atoms with Gasteiger partial charge >= 0.3 is 5.97 Å². The second-order valence-corrected chi connectivity index (χ2v) is 20.4. The maximum Gasteiger partial charge on any atom is 0.310 e. The minimum absolute atomic E-state index is 0.0822. The van der Waals surface area contributed by atoms with Crippen molar-refractivity contribution in [2.24, 2.45) is 23.2 Å². The molecule has 0 aromatic heterocycles. The van der Waals surface area contributed by atoms with Gasteiger partial charge in [0.15, 0.2) is 0 Å². The summed E-state index contributed by atoms with van der Waals surface area (Å²) in [4.78, 5) is 14.0. The van der Waals surface area contributed by atoms with Crippen LogP contribution in [-0.2, 0) is 31.9 Å². The second-order valence-electron chi connectivity index (χ2n) is 16.1. The predicted molar refractivity (Wildman–Crippen MR) is 227 cm³/mol. The molecule has 0 bridgehead atoms. The van der Waals surface area contributed by atoms with Crippen LogP contribution >= 0.6 is 0 Å². The van der Waals surface area contributed by atoms with E-state index in [1.807, 2.05) is 67.6 Å². The van der Waals surface area contributed by atoms with Gasteiger partial charge in [0.1, 0.15) is 5.75 Å². The molecule has 6 nitrogen and oxygen atoms in total. The number of carboxylic acid groups (broad SMARTS) is 1. The molecule has 4 aromatic rings. The highest BCUT2D eigenvalue weighted by atomic mass is 28.4. The Hall–Kier alpha value is -4.01. The number of hydrogen-bond donors (Lipinski definition) is 1. The van der Waals surface area contributed by atoms with Gasteiger partial charge in [0.25, 0.3) is 8.32 Å². The fraction of sp³-hybridized carbons (Fsp3) is 0.438. The quantitative estimate of drug-likeness (QED) is 0.0461. The van der Waals surface area contributed by atoms with E-state index in [9.17, 15) is 9.90 Å². The number of carbonyl (C=O) groups is 1. The molecule has 0 unspecified atom stereocenters. The molecule has 0 aliphatic rings. The summed E-state index contributed by atoms with van der Waals surface area (Å²) in [5, 5.41) is 13.6. The van der Waals surface area contributed by atoms with Crippen molar-refractivity contribution in [1.29, 1.82) is 0 Å². The molecule has 0 heterocycles. The van der Waals surface area contributed by atoms with Gasteiger partial charge in [-0.25, -0.2) is 0 Å². The number of ether oxygens (including phenoxy) is 3. The number of aliphatic carboxylic acids is 1. The van der Waals surface area contributed by atoms with Crippen LogP contribution in [0.4, 0.5) is 0 Å². The average Bonchev–Trinajstić information content (AvgIpc) is 3.19. The van der Waals surface area contributed by atoms with Crippen LogP contribution in [0.15, 0.2) is 127 Å². The van der Waals surface area contributed by atoms with Gasteiger partial charge in [-0.1, -0.05) is 150 Å². The monoisotopic (exact) mass is 764 g/mol. The molecule has 4 atom stereocenters. The maximum atomic E-state index is 14.0. The van der Waals surface area contributed by atoms with E-state index in [0.29, 0.717) is 52.3 Å². The molecule has 4 rings (SSSR count). The largest absolute Gasteiger partial charge is 0.497 e. The maximum absolute atomic E-state index is 14.0. The van der Waals surface area contributed by atoms with E-state index < -0.39 is 19.7 Å². The van der Waals surface area contributed by atoms with Gasteiger partial charge in [-0.05, 0) is 83.1 Å². The van der Waals surface area contributed by atoms with Crippen molar-refractivity contribution in [1.82, 2.24) is 0 Å². The minimum Gasteiger partial charge on any atom is -0.497 e. The molecule has 7 heteroatoms. The summed E-state index contributed by atoms with van der Waals surface area (Å²) in [6.45, 7) is 15.6. The van der Waals surface area contributed by atoms with Crippen LogP contribution in [-0.4, -0.2) is 46.3 Å². The summed E-state index contributed by atoms with van der Waals surface area (Å²) in [7, 11) is -1.27. The first-order chi connectivity index (χ1) is 26.5. The number of unbranched alkanes of at least 4 members (excludes halogenated alkanes) is 1. The third-order valence-corrected chi connectivity index (χ3v) is 16.2. The normalized spacial score (nSPS) is 15.0. The summed E-state index contributed by atoms with van der Waals surface area (Å²) < 4.78 is 25.0. The third-order valence-electron chi connectivity index (χ3n) is 11.2. The van der Waals surface area contributed by atoms with Crippen molar-refractivity contribution in [3.8, 4) is 5.75 Å². The number of carboxylic acids is 1. The van der Waals surface area contributed by atoms with Crippen LogP contribution in [0.25, 0.3) is 0 Å². The SMILES string of the molecule is C/C=C/[C@H](CO[Si](c1ccccc1)(c1ccccc1)C(C)(C)C)[C@@](CCCCOCc1ccc(OC)cc1)(C[C@H](C)[C@@H](C)COCc1ccccc1)C(=O)O. The van der Waals surface area contributed by atoms with Crippen LogP contribution in [0.3, 0.4) is 0 Å². The lowest BCUT2D eigenvalue weighted by Gasteiger charge is -2.45. The molecule has 55 heavy (non-hydrogen) atoms. The van der Waals surface area contributed by atoms with Crippen LogP contribution in [0.5, 0.6) is 5.75 Å². The Labute approximate surface area is 332 Å². The Kier molecular flexibility index (Phi) is 17.0. The van der Waals surface area contributed by atoms with Crippen molar-refractivity contribution in [3.63, 3.8) is 0 Å². The molecule has 1 N–H and O–H groups in total. The minimum atomic E-state index is -2.93. The lowest BCUT2D eigenvalue weighted by atomic mass is 9.65. The fourth-order valence-corrected chi connectivity index (χ4v) is 12.4. The molecule has 0 aliphatic carbocycles. The highest BCUT2D eigenvalue weighted by Crippen LogP contribution is 2.45. The van der Waals surface area contributed by atoms with Crippen molar-refractivity contribution in [2.45, 2.75) is 85.5 Å². The standard InChI is InChI=1S/C48H64O6Si/c1-8-20-42(37-54-55(47(4,5)6,44-23-14-10-15-24-44)45-25-16-11-17-26-45)48(46(49)50,31-18-19-32-52-35-41-27-29-43(51-7)30-28-41)33-38(2)39(3)34-53-36-40-21-12-9-13-22-40/h8-17,20-30,38-39,42H,18-19,31-37H2,1-7H3,(H,49,50)/b20-8+/t38-,39-,42+,48+/m0/s1. The van der Waals surface area contributed by atoms with E-state index in [4.69, 9.17) is 18.6 Å². The number of hydrogen-bond acceptors (Lipinski definition) is 5. The molecule has 0 spiro atoms. The molecular formula is C48H64O6Si. The molecule has 0 fully saturated rings. The second kappa shape index (κ2) is 21.3. The Bertz CT molecular complexity index is 1670. The highest BCUT2D eigenvalue weighted by Gasteiger charge is 2.52. The Morgan fingerprint density at radius 2 is 1.27 bits per heavy atom. The Morgan fingerprint density at radius 3 is 1.80 bits per heavy atom. The van der Waals surface area contributed by atoms with Gasteiger partial charge in [0.05, 0.1) is 25.7 Å². The van der Waals surface area contributed by atoms with Gasteiger partial charge in [0.2, 0.25) is 0 Å². The first kappa shape index (κ1) is 43.7. The van der Waals surface area contributed by atoms with Gasteiger partial charge in [-0.3, -0.25) is 4.79 Å². The lowest BCUT2D eigenvalue weighted by molar-refractivity contribution is -0.155. The molecule has 4 aromatic carbocycles. The Morgan fingerprint density at radius 1 is 0.727 bits per heavy atom. The van der Waals surface area contributed by atoms with Gasteiger partial charge in [-0.15, -0.1) is 0 Å². The fourth-order valence-electron chi connectivity index (χ4n) is 7.83. The van der Waals surface area contributed by atoms with Gasteiger partial charge < -0.3 is 23.7 Å². The number of allylic oxidation sites excluding steroid dienone is 1. The van der Waals surface area contributed by atoms with Crippen LogP contribution in [0.1, 0.15) is 78.4 Å². The van der Waals surface area contributed by atoms with Crippen LogP contribution in [0, 0.1) is 23.2 Å². The molecule has 0 amide bonds. The molecule has 0 saturated heterocycles. The van der Waals surface area contributed by atoms with Crippen LogP contribution in [0.2, 0.25) is 5.04 Å². The average molecular weight is 765 g/mol. The van der Waals surface area contributed by atoms with E-state index in [0.717, 1.165) is 23.3 Å². The third kappa shape index (κ3) is 11.7. The highest BCUT2D eigenvalue weighted by molar-refractivity contribution is 6.99. The lowest BCUT2D eigenvalue weighted by Crippen LogP contribution is -2.67. The molecular weight excluding hydrogens is 701 g/mol. The Balaban J connectivity index is 1.61. The molecule has 0 radical (unpaired) electrons. The van der Waals surface area contributed by atoms with Gasteiger partial charge in [-0.2, -0.15) is 0 Å². The summed E-state index contributed by atoms with van der Waals surface area (Å²) in [5.74, 6) is -0.0885. The molecule has 0 saturated carbocycles. The predicted octanol–water partition coefficient (Wildman–Crippen LogP) is 10.1. The van der Waals surface area contributed by atoms with Crippen LogP contribution < -0.4 is 15.1 Å². The summed E-state index contributed by atoms with van der Waals surface area (Å²) in [6.07, 6.45) is 6.59. The first-order valence-corrected chi connectivity index (χ1v) is 21.8. The van der Waals surface area contributed by atoms with E-state index in [-0.39, 0.29) is 22.8 Å². The summed E-state index contributed by atoms with van der Waals surface area (Å²) in [6, 6.07) is 39.2. The van der Waals surface area contributed by atoms with Gasteiger partial charge in [0, 0.05) is 25.7 Å². The van der Waals surface area contributed by atoms with Crippen molar-refractivity contribution < 1.29 is 28.5 Å². The topological polar surface area (TPSA) is 74.2 Å². The molecule has 296 valence electrons. The van der Waals surface area contributed by atoms with E-state index in [2.05, 4.69) is 101 Å². The smallest absolute Gasteiger partial charge is 0.310 e. The van der Waals surface area contributed by atoms with E-state index in [1.54, 1.807) is 7.11 Å². The van der Waals surface area contributed by atoms with E-state index in [1.165, 1.54) is 10.4 Å².